The van der Waals surface area contributed by atoms with Gasteiger partial charge in [-0.3, -0.25) is 9.59 Å². The van der Waals surface area contributed by atoms with E-state index in [1.165, 1.54) is 18.5 Å². The molecular weight excluding hydrogens is 332 g/mol. The molecule has 0 aliphatic carbocycles. The predicted octanol–water partition coefficient (Wildman–Crippen LogP) is 1.29. The molecule has 1 aliphatic rings. The number of aromatic nitrogens is 2. The maximum atomic E-state index is 13.6. The fourth-order valence-corrected chi connectivity index (χ4v) is 2.45. The number of carbonyl (C=O) groups excluding carboxylic acids is 2. The molecular formula is C16H15F2N5O2. The van der Waals surface area contributed by atoms with Crippen molar-refractivity contribution in [1.29, 1.82) is 0 Å². The first kappa shape index (κ1) is 16.7. The monoisotopic (exact) mass is 347 g/mol. The van der Waals surface area contributed by atoms with E-state index in [9.17, 15) is 18.4 Å². The Morgan fingerprint density at radius 2 is 1.76 bits per heavy atom. The Bertz CT molecular complexity index is 756. The summed E-state index contributed by atoms with van der Waals surface area (Å²) >= 11 is 0. The van der Waals surface area contributed by atoms with Crippen LogP contribution in [0.2, 0.25) is 0 Å². The van der Waals surface area contributed by atoms with E-state index in [1.807, 2.05) is 4.90 Å². The topological polar surface area (TPSA) is 78.4 Å². The molecule has 3 rings (SSSR count). The van der Waals surface area contributed by atoms with Crippen molar-refractivity contribution in [2.75, 3.05) is 36.4 Å². The van der Waals surface area contributed by atoms with Crippen LogP contribution in [-0.2, 0) is 4.79 Å². The van der Waals surface area contributed by atoms with Gasteiger partial charge in [-0.25, -0.2) is 18.7 Å². The van der Waals surface area contributed by atoms with E-state index < -0.39 is 23.2 Å². The van der Waals surface area contributed by atoms with Crippen LogP contribution in [0.3, 0.4) is 0 Å². The van der Waals surface area contributed by atoms with Gasteiger partial charge < -0.3 is 15.1 Å². The van der Waals surface area contributed by atoms with E-state index in [-0.39, 0.29) is 5.69 Å². The molecule has 130 valence electrons. The van der Waals surface area contributed by atoms with Crippen LogP contribution in [0.4, 0.5) is 20.3 Å². The van der Waals surface area contributed by atoms with E-state index >= 15 is 0 Å². The third-order valence-corrected chi connectivity index (χ3v) is 3.86. The zero-order valence-corrected chi connectivity index (χ0v) is 13.2. The second-order valence-electron chi connectivity index (χ2n) is 5.44. The molecule has 1 fully saturated rings. The quantitative estimate of drug-likeness (QED) is 0.843. The minimum atomic E-state index is -0.869. The number of piperazine rings is 1. The number of benzene rings is 1. The summed E-state index contributed by atoms with van der Waals surface area (Å²) in [5.74, 6) is -1.93. The van der Waals surface area contributed by atoms with Crippen molar-refractivity contribution >= 4 is 23.8 Å². The van der Waals surface area contributed by atoms with Crippen LogP contribution >= 0.6 is 0 Å². The zero-order chi connectivity index (χ0) is 17.8. The van der Waals surface area contributed by atoms with Gasteiger partial charge in [0.2, 0.25) is 6.41 Å². The van der Waals surface area contributed by atoms with Crippen molar-refractivity contribution < 1.29 is 18.4 Å². The van der Waals surface area contributed by atoms with Crippen LogP contribution in [0, 0.1) is 11.6 Å². The molecule has 0 spiro atoms. The molecule has 0 radical (unpaired) electrons. The number of para-hydroxylation sites is 1. The van der Waals surface area contributed by atoms with Crippen molar-refractivity contribution in [1.82, 2.24) is 14.9 Å². The summed E-state index contributed by atoms with van der Waals surface area (Å²) in [7, 11) is 0. The second kappa shape index (κ2) is 7.20. The molecule has 1 aromatic heterocycles. The molecule has 2 amide bonds. The summed E-state index contributed by atoms with van der Waals surface area (Å²) in [4.78, 5) is 34.6. The summed E-state index contributed by atoms with van der Waals surface area (Å²) in [5.41, 5.74) is -0.582. The van der Waals surface area contributed by atoms with Gasteiger partial charge in [0.25, 0.3) is 5.91 Å². The van der Waals surface area contributed by atoms with E-state index in [0.29, 0.717) is 32.0 Å². The molecule has 1 aromatic carbocycles. The SMILES string of the molecule is O=CN1CCN(c2cnc(C(=O)Nc3c(F)cccc3F)cn2)CC1. The highest BCUT2D eigenvalue weighted by Gasteiger charge is 2.18. The highest BCUT2D eigenvalue weighted by Crippen LogP contribution is 2.19. The Morgan fingerprint density at radius 1 is 1.08 bits per heavy atom. The highest BCUT2D eigenvalue weighted by molar-refractivity contribution is 6.02. The number of hydrogen-bond donors (Lipinski definition) is 1. The second-order valence-corrected chi connectivity index (χ2v) is 5.44. The number of halogens is 2. The maximum absolute atomic E-state index is 13.6. The lowest BCUT2D eigenvalue weighted by Crippen LogP contribution is -2.46. The number of anilines is 2. The fourth-order valence-electron chi connectivity index (χ4n) is 2.45. The summed E-state index contributed by atoms with van der Waals surface area (Å²) in [6, 6.07) is 3.30. The first-order chi connectivity index (χ1) is 12.1. The van der Waals surface area contributed by atoms with Crippen molar-refractivity contribution in [3.63, 3.8) is 0 Å². The van der Waals surface area contributed by atoms with Crippen molar-refractivity contribution in [3.05, 3.63) is 47.9 Å². The minimum absolute atomic E-state index is 0.0575. The average Bonchev–Trinajstić information content (AvgIpc) is 2.65. The minimum Gasteiger partial charge on any atom is -0.352 e. The maximum Gasteiger partial charge on any atom is 0.276 e. The zero-order valence-electron chi connectivity index (χ0n) is 13.2. The summed E-state index contributed by atoms with van der Waals surface area (Å²) < 4.78 is 27.1. The Morgan fingerprint density at radius 3 is 2.32 bits per heavy atom. The number of amides is 2. The molecule has 2 aromatic rings. The Kier molecular flexibility index (Phi) is 4.82. The number of nitrogens with zero attached hydrogens (tertiary/aromatic N) is 4. The standard InChI is InChI=1S/C16H15F2N5O2/c17-11-2-1-3-12(18)15(11)21-16(25)13-8-20-14(9-19-13)23-6-4-22(10-24)5-7-23/h1-3,8-10H,4-7H2,(H,21,25). The van der Waals surface area contributed by atoms with Gasteiger partial charge in [0.05, 0.1) is 12.4 Å². The van der Waals surface area contributed by atoms with E-state index in [1.54, 1.807) is 4.90 Å². The number of carbonyl (C=O) groups is 2. The van der Waals surface area contributed by atoms with Crippen molar-refractivity contribution in [3.8, 4) is 0 Å². The predicted molar refractivity (Wildman–Crippen MR) is 86.2 cm³/mol. The fraction of sp³-hybridized carbons (Fsp3) is 0.250. The summed E-state index contributed by atoms with van der Waals surface area (Å²) in [6.45, 7) is 2.39. The van der Waals surface area contributed by atoms with Gasteiger partial charge in [0, 0.05) is 26.2 Å². The summed E-state index contributed by atoms with van der Waals surface area (Å²) in [5, 5.41) is 2.16. The van der Waals surface area contributed by atoms with E-state index in [2.05, 4.69) is 15.3 Å². The van der Waals surface area contributed by atoms with Gasteiger partial charge >= 0.3 is 0 Å². The van der Waals surface area contributed by atoms with Crippen molar-refractivity contribution in [2.45, 2.75) is 0 Å². The van der Waals surface area contributed by atoms with Gasteiger partial charge in [-0.2, -0.15) is 0 Å². The Balaban J connectivity index is 1.68. The average molecular weight is 347 g/mol. The molecule has 0 bridgehead atoms. The molecule has 7 nitrogen and oxygen atoms in total. The Hall–Kier alpha value is -3.10. The lowest BCUT2D eigenvalue weighted by molar-refractivity contribution is -0.118. The third-order valence-electron chi connectivity index (χ3n) is 3.86. The van der Waals surface area contributed by atoms with Crippen LogP contribution in [0.1, 0.15) is 10.5 Å². The number of hydrogen-bond acceptors (Lipinski definition) is 5. The Labute approximate surface area is 142 Å². The number of rotatable bonds is 4. The molecule has 0 saturated carbocycles. The van der Waals surface area contributed by atoms with Gasteiger partial charge in [0.1, 0.15) is 28.8 Å². The van der Waals surface area contributed by atoms with Crippen LogP contribution < -0.4 is 10.2 Å². The van der Waals surface area contributed by atoms with Crippen LogP contribution in [0.15, 0.2) is 30.6 Å². The van der Waals surface area contributed by atoms with Gasteiger partial charge in [-0.05, 0) is 12.1 Å². The first-order valence-corrected chi connectivity index (χ1v) is 7.60. The van der Waals surface area contributed by atoms with Crippen LogP contribution in [0.5, 0.6) is 0 Å². The lowest BCUT2D eigenvalue weighted by Gasteiger charge is -2.33. The van der Waals surface area contributed by atoms with Gasteiger partial charge in [-0.1, -0.05) is 6.07 Å². The normalized spacial score (nSPS) is 14.3. The number of nitrogens with one attached hydrogen (secondary N) is 1. The van der Waals surface area contributed by atoms with Crippen molar-refractivity contribution in [2.24, 2.45) is 0 Å². The molecule has 1 aliphatic heterocycles. The van der Waals surface area contributed by atoms with E-state index in [4.69, 9.17) is 0 Å². The molecule has 0 atom stereocenters. The molecule has 1 saturated heterocycles. The van der Waals surface area contributed by atoms with Crippen LogP contribution in [-0.4, -0.2) is 53.4 Å². The molecule has 1 N–H and O–H groups in total. The van der Waals surface area contributed by atoms with E-state index in [0.717, 1.165) is 18.5 Å². The smallest absolute Gasteiger partial charge is 0.276 e. The largest absolute Gasteiger partial charge is 0.352 e. The van der Waals surface area contributed by atoms with Gasteiger partial charge in [-0.15, -0.1) is 0 Å². The molecule has 25 heavy (non-hydrogen) atoms. The molecule has 0 unspecified atom stereocenters. The lowest BCUT2D eigenvalue weighted by atomic mass is 10.2. The first-order valence-electron chi connectivity index (χ1n) is 7.60. The van der Waals surface area contributed by atoms with Gasteiger partial charge in [0.15, 0.2) is 0 Å². The molecule has 9 heteroatoms. The summed E-state index contributed by atoms with van der Waals surface area (Å²) in [6.07, 6.45) is 3.47. The van der Waals surface area contributed by atoms with Crippen LogP contribution in [0.25, 0.3) is 0 Å². The highest BCUT2D eigenvalue weighted by atomic mass is 19.1. The third kappa shape index (κ3) is 3.70. The molecule has 2 heterocycles.